The molecule has 0 bridgehead atoms. The molecule has 1 N–H and O–H groups in total. The number of pyridine rings is 1. The van der Waals surface area contributed by atoms with Gasteiger partial charge in [-0.1, -0.05) is 0 Å². The van der Waals surface area contributed by atoms with Gasteiger partial charge in [0.15, 0.2) is 17.7 Å². The standard InChI is InChI=1S/C34H33FN6O5/c1-16(2)45-30(34(42)43)27-18(4)37-31-23(28(27)22-13-24(35)29-21(17(22)3)8-7-11-44-29)14-26(40(31)5)33-39-38-32(46-33)19-9-10-25-20(12-19)15-36-41(25)6/h9-10,12-16,30H,7-8,11H2,1-6H3,(H,42,43)/t30-/m0/s1. The third-order valence-corrected chi connectivity index (χ3v) is 8.64. The molecule has 0 aliphatic carbocycles. The molecule has 1 aliphatic heterocycles. The molecule has 1 atom stereocenters. The number of aromatic nitrogens is 6. The number of benzene rings is 2. The third-order valence-electron chi connectivity index (χ3n) is 8.64. The zero-order valence-corrected chi connectivity index (χ0v) is 26.4. The Labute approximate surface area is 263 Å². The van der Waals surface area contributed by atoms with E-state index >= 15 is 4.39 Å². The number of rotatable bonds is 7. The summed E-state index contributed by atoms with van der Waals surface area (Å²) in [4.78, 5) is 17.6. The zero-order valence-electron chi connectivity index (χ0n) is 26.4. The molecule has 0 amide bonds. The lowest BCUT2D eigenvalue weighted by Crippen LogP contribution is -2.22. The molecule has 1 aliphatic rings. The third kappa shape index (κ3) is 4.71. The van der Waals surface area contributed by atoms with Crippen molar-refractivity contribution in [3.63, 3.8) is 0 Å². The summed E-state index contributed by atoms with van der Waals surface area (Å²) in [5, 5.41) is 24.9. The predicted molar refractivity (Wildman–Crippen MR) is 169 cm³/mol. The molecule has 0 radical (unpaired) electrons. The Morgan fingerprint density at radius 1 is 1.11 bits per heavy atom. The number of fused-ring (bicyclic) bond motifs is 3. The minimum Gasteiger partial charge on any atom is -0.490 e. The Morgan fingerprint density at radius 2 is 1.89 bits per heavy atom. The number of halogens is 1. The lowest BCUT2D eigenvalue weighted by atomic mass is 9.86. The van der Waals surface area contributed by atoms with E-state index in [2.05, 4.69) is 15.3 Å². The summed E-state index contributed by atoms with van der Waals surface area (Å²) in [6.07, 6.45) is 1.44. The van der Waals surface area contributed by atoms with Crippen molar-refractivity contribution >= 4 is 27.9 Å². The first-order valence-electron chi connectivity index (χ1n) is 15.1. The van der Waals surface area contributed by atoms with E-state index in [4.69, 9.17) is 18.9 Å². The highest BCUT2D eigenvalue weighted by molar-refractivity contribution is 6.01. The van der Waals surface area contributed by atoms with Gasteiger partial charge in [-0.05, 0) is 82.0 Å². The van der Waals surface area contributed by atoms with Crippen LogP contribution in [0.3, 0.4) is 0 Å². The smallest absolute Gasteiger partial charge is 0.337 e. The van der Waals surface area contributed by atoms with Crippen LogP contribution in [0.1, 0.15) is 48.8 Å². The number of nitrogens with zero attached hydrogens (tertiary/aromatic N) is 6. The highest BCUT2D eigenvalue weighted by Gasteiger charge is 2.33. The van der Waals surface area contributed by atoms with Crippen LogP contribution in [-0.2, 0) is 30.0 Å². The Morgan fingerprint density at radius 3 is 2.65 bits per heavy atom. The van der Waals surface area contributed by atoms with Gasteiger partial charge in [0.1, 0.15) is 11.3 Å². The topological polar surface area (TPSA) is 130 Å². The second kappa shape index (κ2) is 11.1. The summed E-state index contributed by atoms with van der Waals surface area (Å²) in [7, 11) is 3.70. The van der Waals surface area contributed by atoms with Crippen LogP contribution in [0, 0.1) is 19.7 Å². The van der Waals surface area contributed by atoms with E-state index in [9.17, 15) is 9.90 Å². The van der Waals surface area contributed by atoms with Crippen LogP contribution in [0.5, 0.6) is 5.75 Å². The fourth-order valence-corrected chi connectivity index (χ4v) is 6.45. The molecule has 0 spiro atoms. The predicted octanol–water partition coefficient (Wildman–Crippen LogP) is 6.48. The van der Waals surface area contributed by atoms with Crippen molar-refractivity contribution in [1.82, 2.24) is 29.5 Å². The number of carboxylic acids is 1. The molecular formula is C34H33FN6O5. The first-order chi connectivity index (χ1) is 22.0. The average molecular weight is 625 g/mol. The highest BCUT2D eigenvalue weighted by Crippen LogP contribution is 2.45. The van der Waals surface area contributed by atoms with E-state index in [1.54, 1.807) is 31.6 Å². The SMILES string of the molecule is Cc1nc2c(cc(-c3nnc(-c4ccc5c(cnn5C)c4)o3)n2C)c(-c2cc(F)c3c(c2C)CCCO3)c1[C@H](OC(C)C)C(=O)O. The molecule has 0 saturated heterocycles. The number of aryl methyl sites for hydroxylation is 3. The van der Waals surface area contributed by atoms with Gasteiger partial charge in [-0.2, -0.15) is 5.10 Å². The Kier molecular flexibility index (Phi) is 7.11. The van der Waals surface area contributed by atoms with Gasteiger partial charge in [0.25, 0.3) is 5.89 Å². The quantitative estimate of drug-likeness (QED) is 0.212. The maximum absolute atomic E-state index is 15.7. The van der Waals surface area contributed by atoms with Crippen LogP contribution in [0.15, 0.2) is 40.9 Å². The van der Waals surface area contributed by atoms with Crippen molar-refractivity contribution in [3.05, 3.63) is 64.7 Å². The number of carbonyl (C=O) groups is 1. The van der Waals surface area contributed by atoms with E-state index in [1.165, 1.54) is 6.07 Å². The molecule has 11 nitrogen and oxygen atoms in total. The minimum atomic E-state index is -1.34. The van der Waals surface area contributed by atoms with E-state index in [-0.39, 0.29) is 11.6 Å². The number of ether oxygens (including phenoxy) is 2. The van der Waals surface area contributed by atoms with Gasteiger partial charge in [0.2, 0.25) is 5.89 Å². The van der Waals surface area contributed by atoms with Gasteiger partial charge in [0, 0.05) is 52.8 Å². The van der Waals surface area contributed by atoms with Crippen LogP contribution in [0.4, 0.5) is 4.39 Å². The van der Waals surface area contributed by atoms with Crippen molar-refractivity contribution in [2.75, 3.05) is 6.61 Å². The zero-order chi connectivity index (χ0) is 32.4. The van der Waals surface area contributed by atoms with E-state index < -0.39 is 24.0 Å². The molecule has 2 aromatic carbocycles. The summed E-state index contributed by atoms with van der Waals surface area (Å²) in [6.45, 7) is 7.66. The molecular weight excluding hydrogens is 591 g/mol. The van der Waals surface area contributed by atoms with Crippen LogP contribution in [-0.4, -0.2) is 53.3 Å². The first kappa shape index (κ1) is 29.6. The molecule has 236 valence electrons. The first-order valence-corrected chi connectivity index (χ1v) is 15.1. The summed E-state index contributed by atoms with van der Waals surface area (Å²) in [5.74, 6) is -0.826. The number of hydrogen-bond donors (Lipinski definition) is 1. The van der Waals surface area contributed by atoms with Crippen LogP contribution in [0.25, 0.3) is 56.1 Å². The number of aliphatic carboxylic acids is 1. The molecule has 6 aromatic rings. The van der Waals surface area contributed by atoms with Gasteiger partial charge < -0.3 is 23.6 Å². The van der Waals surface area contributed by atoms with Crippen molar-refractivity contribution in [3.8, 4) is 39.9 Å². The minimum absolute atomic E-state index is 0.251. The van der Waals surface area contributed by atoms with Crippen molar-refractivity contribution in [2.24, 2.45) is 14.1 Å². The maximum atomic E-state index is 15.7. The van der Waals surface area contributed by atoms with Crippen LogP contribution in [0.2, 0.25) is 0 Å². The second-order valence-corrected chi connectivity index (χ2v) is 12.0. The fraction of sp³-hybridized carbons (Fsp3) is 0.324. The van der Waals surface area contributed by atoms with E-state index in [0.717, 1.165) is 34.0 Å². The fourth-order valence-electron chi connectivity index (χ4n) is 6.45. The largest absolute Gasteiger partial charge is 0.490 e. The summed E-state index contributed by atoms with van der Waals surface area (Å²) >= 11 is 0. The molecule has 5 heterocycles. The van der Waals surface area contributed by atoms with Crippen molar-refractivity contribution in [1.29, 1.82) is 0 Å². The molecule has 4 aromatic heterocycles. The molecule has 0 unspecified atom stereocenters. The molecule has 12 heteroatoms. The average Bonchev–Trinajstić information content (AvgIpc) is 3.75. The number of carboxylic acid groups (broad SMARTS) is 1. The summed E-state index contributed by atoms with van der Waals surface area (Å²) in [5.41, 5.74) is 6.32. The normalized spacial score (nSPS) is 13.8. The van der Waals surface area contributed by atoms with Gasteiger partial charge >= 0.3 is 5.97 Å². The van der Waals surface area contributed by atoms with Crippen LogP contribution < -0.4 is 4.74 Å². The monoisotopic (exact) mass is 624 g/mol. The number of hydrogen-bond acceptors (Lipinski definition) is 8. The Hall–Kier alpha value is -5.10. The van der Waals surface area contributed by atoms with Crippen molar-refractivity contribution in [2.45, 2.75) is 52.7 Å². The van der Waals surface area contributed by atoms with E-state index in [0.29, 0.717) is 58.0 Å². The summed E-state index contributed by atoms with van der Waals surface area (Å²) in [6, 6.07) is 9.05. The van der Waals surface area contributed by atoms with Crippen LogP contribution >= 0.6 is 0 Å². The molecule has 0 saturated carbocycles. The lowest BCUT2D eigenvalue weighted by molar-refractivity contribution is -0.153. The Balaban J connectivity index is 1.46. The van der Waals surface area contributed by atoms with Gasteiger partial charge in [0.05, 0.1) is 24.4 Å². The Bertz CT molecular complexity index is 2180. The van der Waals surface area contributed by atoms with Gasteiger partial charge in [-0.3, -0.25) is 4.68 Å². The van der Waals surface area contributed by atoms with Crippen molar-refractivity contribution < 1.29 is 28.2 Å². The molecule has 7 rings (SSSR count). The lowest BCUT2D eigenvalue weighted by Gasteiger charge is -2.26. The van der Waals surface area contributed by atoms with Gasteiger partial charge in [-0.25, -0.2) is 14.2 Å². The highest BCUT2D eigenvalue weighted by atomic mass is 19.1. The van der Waals surface area contributed by atoms with Gasteiger partial charge in [-0.15, -0.1) is 10.2 Å². The van der Waals surface area contributed by atoms with E-state index in [1.807, 2.05) is 49.9 Å². The maximum Gasteiger partial charge on any atom is 0.337 e. The summed E-state index contributed by atoms with van der Waals surface area (Å²) < 4.78 is 37.2. The molecule has 46 heavy (non-hydrogen) atoms. The second-order valence-electron chi connectivity index (χ2n) is 12.0. The molecule has 0 fully saturated rings.